The summed E-state index contributed by atoms with van der Waals surface area (Å²) in [4.78, 5) is 0. The minimum Gasteiger partial charge on any atom is -0.309 e. The summed E-state index contributed by atoms with van der Waals surface area (Å²) in [5.41, 5.74) is 3.31. The fourth-order valence-electron chi connectivity index (χ4n) is 10.5. The zero-order valence-electron chi connectivity index (χ0n) is 41.9. The highest BCUT2D eigenvalue weighted by molar-refractivity contribution is 7.19. The van der Waals surface area contributed by atoms with Crippen LogP contribution in [0.1, 0.15) is 11.0 Å². The van der Waals surface area contributed by atoms with E-state index in [0.717, 1.165) is 54.4 Å². The SMILES string of the molecule is [2H]c1c([2H])c([2H])c2c(c1[2H])c1c([2H])c([2H])c([2H])c([2H])c1n2-c1ccc2c3c4c5ccccc5c5ccccc5c4ccc3n(-c3ccc([Si](c4ccccc4)(c4ccccc4)c4ccccc4)cc3)c2c1. The molecule has 0 N–H and O–H groups in total. The lowest BCUT2D eigenvalue weighted by Gasteiger charge is -2.34. The minimum absolute atomic E-state index is 0.0430. The summed E-state index contributed by atoms with van der Waals surface area (Å²) >= 11 is 0. The lowest BCUT2D eigenvalue weighted by atomic mass is 9.92. The van der Waals surface area contributed by atoms with E-state index in [1.54, 1.807) is 4.57 Å². The van der Waals surface area contributed by atoms with Crippen LogP contribution in [0.15, 0.2) is 242 Å². The van der Waals surface area contributed by atoms with Crippen molar-refractivity contribution in [2.24, 2.45) is 0 Å². The highest BCUT2D eigenvalue weighted by atomic mass is 28.3. The maximum absolute atomic E-state index is 9.28. The number of aromatic nitrogens is 2. The van der Waals surface area contributed by atoms with Gasteiger partial charge in [0.15, 0.2) is 8.07 Å². The molecule has 0 atom stereocenters. The van der Waals surface area contributed by atoms with Crippen molar-refractivity contribution in [1.29, 1.82) is 0 Å². The van der Waals surface area contributed by atoms with Gasteiger partial charge in [0.05, 0.1) is 33.0 Å². The number of para-hydroxylation sites is 2. The van der Waals surface area contributed by atoms with Crippen LogP contribution in [-0.2, 0) is 0 Å². The second-order valence-electron chi connectivity index (χ2n) is 16.2. The van der Waals surface area contributed by atoms with E-state index in [4.69, 9.17) is 8.22 Å². The summed E-state index contributed by atoms with van der Waals surface area (Å²) in [7, 11) is -2.88. The molecule has 0 bridgehead atoms. The Morgan fingerprint density at radius 2 is 0.698 bits per heavy atom. The minimum atomic E-state index is -2.88. The molecule has 0 radical (unpaired) electrons. The Morgan fingerprint density at radius 3 is 1.25 bits per heavy atom. The van der Waals surface area contributed by atoms with Gasteiger partial charge in [0.2, 0.25) is 0 Å². The van der Waals surface area contributed by atoms with Gasteiger partial charge in [-0.1, -0.05) is 200 Å². The fraction of sp³-hybridized carbons (Fsp3) is 0. The van der Waals surface area contributed by atoms with Gasteiger partial charge < -0.3 is 9.13 Å². The molecule has 13 rings (SSSR count). The Hall–Kier alpha value is -7.98. The van der Waals surface area contributed by atoms with Crippen molar-refractivity contribution in [1.82, 2.24) is 9.13 Å². The van der Waals surface area contributed by atoms with Crippen molar-refractivity contribution in [2.75, 3.05) is 0 Å². The normalized spacial score (nSPS) is 13.9. The first kappa shape index (κ1) is 28.5. The summed E-state index contributed by atoms with van der Waals surface area (Å²) < 4.78 is 75.5. The molecule has 2 aromatic heterocycles. The van der Waals surface area contributed by atoms with Gasteiger partial charge >= 0.3 is 0 Å². The molecule has 0 spiro atoms. The molecule has 63 heavy (non-hydrogen) atoms. The Labute approximate surface area is 377 Å². The van der Waals surface area contributed by atoms with Crippen molar-refractivity contribution < 1.29 is 11.0 Å². The zero-order valence-corrected chi connectivity index (χ0v) is 34.9. The third kappa shape index (κ3) is 5.18. The van der Waals surface area contributed by atoms with Gasteiger partial charge in [0.25, 0.3) is 0 Å². The van der Waals surface area contributed by atoms with Gasteiger partial charge in [-0.3, -0.25) is 0 Å². The Balaban J connectivity index is 1.16. The van der Waals surface area contributed by atoms with Gasteiger partial charge in [-0.15, -0.1) is 0 Å². The van der Waals surface area contributed by atoms with Gasteiger partial charge in [-0.05, 0) is 90.1 Å². The Kier molecular flexibility index (Phi) is 6.35. The van der Waals surface area contributed by atoms with Crippen molar-refractivity contribution in [3.05, 3.63) is 242 Å². The van der Waals surface area contributed by atoms with Crippen LogP contribution >= 0.6 is 0 Å². The van der Waals surface area contributed by atoms with Gasteiger partial charge in [0, 0.05) is 38.3 Å². The smallest absolute Gasteiger partial charge is 0.179 e. The predicted molar refractivity (Wildman–Crippen MR) is 271 cm³/mol. The Morgan fingerprint density at radius 1 is 0.286 bits per heavy atom. The predicted octanol–water partition coefficient (Wildman–Crippen LogP) is 12.7. The second-order valence-corrected chi connectivity index (χ2v) is 20.0. The molecule has 0 saturated carbocycles. The number of fused-ring (bicyclic) bond motifs is 13. The van der Waals surface area contributed by atoms with E-state index < -0.39 is 32.2 Å². The number of rotatable bonds is 6. The standard InChI is InChI=1S/C60H40N2Si/c1-4-18-43(19-5-1)63(44-20-6-2-7-21-44,45-22-8-3-9-23-45)46-35-32-41(33-36-46)61-57-39-38-53-49-26-11-10-24-47(49)48-25-12-13-29-52(48)59(53)60(57)54-37-34-42(40-58(54)61)62-55-30-16-14-27-50(55)51-28-15-17-31-56(51)62/h1-40H/i14D,15D,16D,17D,27D,28D,30D,31D. The lowest BCUT2D eigenvalue weighted by Crippen LogP contribution is -2.74. The first-order valence-electron chi connectivity index (χ1n) is 25.2. The molecule has 11 aromatic carbocycles. The summed E-state index contributed by atoms with van der Waals surface area (Å²) in [6.07, 6.45) is 0. The molecule has 0 saturated heterocycles. The van der Waals surface area contributed by atoms with E-state index in [1.165, 1.54) is 26.1 Å². The highest BCUT2D eigenvalue weighted by Crippen LogP contribution is 2.44. The maximum Gasteiger partial charge on any atom is 0.179 e. The molecule has 2 heterocycles. The average Bonchev–Trinajstić information content (AvgIpc) is 3.96. The third-order valence-electron chi connectivity index (χ3n) is 13.1. The van der Waals surface area contributed by atoms with Crippen LogP contribution in [0, 0.1) is 0 Å². The zero-order chi connectivity index (χ0) is 48.4. The van der Waals surface area contributed by atoms with Gasteiger partial charge in [-0.25, -0.2) is 0 Å². The van der Waals surface area contributed by atoms with E-state index in [2.05, 4.69) is 187 Å². The summed E-state index contributed by atoms with van der Waals surface area (Å²) in [6.45, 7) is 0. The largest absolute Gasteiger partial charge is 0.309 e. The van der Waals surface area contributed by atoms with Crippen LogP contribution in [0.4, 0.5) is 0 Å². The molecule has 294 valence electrons. The van der Waals surface area contributed by atoms with E-state index in [-0.39, 0.29) is 46.0 Å². The van der Waals surface area contributed by atoms with Crippen LogP contribution in [0.5, 0.6) is 0 Å². The van der Waals surface area contributed by atoms with E-state index >= 15 is 0 Å². The monoisotopic (exact) mass is 824 g/mol. The quantitative estimate of drug-likeness (QED) is 0.0898. The van der Waals surface area contributed by atoms with Crippen LogP contribution in [0.25, 0.3) is 87.3 Å². The molecule has 0 fully saturated rings. The van der Waals surface area contributed by atoms with E-state index in [9.17, 15) is 2.74 Å². The molecular formula is C60H40N2Si. The topological polar surface area (TPSA) is 9.86 Å². The third-order valence-corrected chi connectivity index (χ3v) is 17.9. The number of hydrogen-bond donors (Lipinski definition) is 0. The fourth-order valence-corrected chi connectivity index (χ4v) is 15.3. The summed E-state index contributed by atoms with van der Waals surface area (Å²) in [6, 6.07) is 65.6. The molecule has 0 amide bonds. The van der Waals surface area contributed by atoms with E-state index in [0.29, 0.717) is 5.69 Å². The average molecular weight is 825 g/mol. The number of hydrogen-bond acceptors (Lipinski definition) is 0. The van der Waals surface area contributed by atoms with Crippen molar-refractivity contribution in [2.45, 2.75) is 0 Å². The lowest BCUT2D eigenvalue weighted by molar-refractivity contribution is 1.16. The molecule has 0 aliphatic carbocycles. The van der Waals surface area contributed by atoms with Crippen molar-refractivity contribution >= 4 is 105 Å². The molecular weight excluding hydrogens is 777 g/mol. The van der Waals surface area contributed by atoms with Gasteiger partial charge in [-0.2, -0.15) is 0 Å². The van der Waals surface area contributed by atoms with Crippen LogP contribution < -0.4 is 20.7 Å². The maximum atomic E-state index is 9.28. The van der Waals surface area contributed by atoms with E-state index in [1.807, 2.05) is 12.1 Å². The molecule has 0 aliphatic heterocycles. The Bertz CT molecular complexity index is 4150. The molecule has 0 unspecified atom stereocenters. The summed E-state index contributed by atoms with van der Waals surface area (Å²) in [5.74, 6) is 0. The van der Waals surface area contributed by atoms with Crippen LogP contribution in [-0.4, -0.2) is 17.2 Å². The summed E-state index contributed by atoms with van der Waals surface area (Å²) in [5, 5.41) is 13.9. The molecule has 0 aliphatic rings. The molecule has 2 nitrogen and oxygen atoms in total. The first-order valence-corrected chi connectivity index (χ1v) is 23.2. The second kappa shape index (κ2) is 14.0. The molecule has 3 heteroatoms. The van der Waals surface area contributed by atoms with Crippen LogP contribution in [0.3, 0.4) is 0 Å². The molecule has 13 aromatic rings. The van der Waals surface area contributed by atoms with Gasteiger partial charge in [0.1, 0.15) is 0 Å². The number of nitrogens with zero attached hydrogens (tertiary/aromatic N) is 2. The van der Waals surface area contributed by atoms with Crippen molar-refractivity contribution in [3.63, 3.8) is 0 Å². The van der Waals surface area contributed by atoms with Crippen molar-refractivity contribution in [3.8, 4) is 11.4 Å². The first-order chi connectivity index (χ1) is 34.6. The van der Waals surface area contributed by atoms with Crippen LogP contribution in [0.2, 0.25) is 0 Å². The number of benzene rings is 11. The highest BCUT2D eigenvalue weighted by Gasteiger charge is 2.41.